The molecule has 0 aliphatic rings. The third-order valence-corrected chi connectivity index (χ3v) is 6.58. The van der Waals surface area contributed by atoms with E-state index in [0.717, 1.165) is 27.0 Å². The van der Waals surface area contributed by atoms with Crippen LogP contribution in [0.5, 0.6) is 0 Å². The van der Waals surface area contributed by atoms with Gasteiger partial charge in [-0.05, 0) is 42.5 Å². The SMILES string of the molecule is O=c1c(=Cc2cn(-c3ccccc3)nc2-c2ccc(Br)cc2)sc2nc(-c3ccco3)nn12. The molecule has 7 nitrogen and oxygen atoms in total. The van der Waals surface area contributed by atoms with Crippen LogP contribution in [0.3, 0.4) is 0 Å². The summed E-state index contributed by atoms with van der Waals surface area (Å²) in [5.74, 6) is 0.917. The Labute approximate surface area is 199 Å². The van der Waals surface area contributed by atoms with E-state index in [-0.39, 0.29) is 5.56 Å². The third kappa shape index (κ3) is 3.61. The van der Waals surface area contributed by atoms with E-state index in [4.69, 9.17) is 9.52 Å². The summed E-state index contributed by atoms with van der Waals surface area (Å²) in [6.45, 7) is 0. The standard InChI is InChI=1S/C24H14BrN5O2S/c25-17-10-8-15(9-11-17)21-16(14-29(27-21)18-5-2-1-3-6-18)13-20-23(31)30-24(33-20)26-22(28-30)19-7-4-12-32-19/h1-14H. The predicted octanol–water partition coefficient (Wildman–Crippen LogP) is 4.57. The molecule has 0 amide bonds. The number of thiazole rings is 1. The van der Waals surface area contributed by atoms with Gasteiger partial charge in [-0.2, -0.15) is 14.6 Å². The van der Waals surface area contributed by atoms with Crippen LogP contribution in [0, 0.1) is 0 Å². The Morgan fingerprint density at radius 2 is 1.79 bits per heavy atom. The molecule has 0 fully saturated rings. The molecule has 6 rings (SSSR count). The van der Waals surface area contributed by atoms with Gasteiger partial charge in [-0.1, -0.05) is 57.6 Å². The smallest absolute Gasteiger partial charge is 0.291 e. The molecule has 0 spiro atoms. The second kappa shape index (κ2) is 7.95. The van der Waals surface area contributed by atoms with Crippen LogP contribution in [0.2, 0.25) is 0 Å². The molecule has 33 heavy (non-hydrogen) atoms. The number of hydrogen-bond acceptors (Lipinski definition) is 6. The molecule has 0 N–H and O–H groups in total. The van der Waals surface area contributed by atoms with Crippen LogP contribution in [-0.4, -0.2) is 24.4 Å². The minimum atomic E-state index is -0.227. The maximum atomic E-state index is 13.1. The van der Waals surface area contributed by atoms with Crippen molar-refractivity contribution in [3.8, 4) is 28.5 Å². The van der Waals surface area contributed by atoms with Crippen molar-refractivity contribution >= 4 is 38.3 Å². The predicted molar refractivity (Wildman–Crippen MR) is 130 cm³/mol. The van der Waals surface area contributed by atoms with Gasteiger partial charge in [0.25, 0.3) is 5.56 Å². The highest BCUT2D eigenvalue weighted by Gasteiger charge is 2.15. The van der Waals surface area contributed by atoms with E-state index in [1.54, 1.807) is 18.4 Å². The van der Waals surface area contributed by atoms with Gasteiger partial charge in [0.1, 0.15) is 0 Å². The van der Waals surface area contributed by atoms with Gasteiger partial charge in [-0.15, -0.1) is 5.10 Å². The van der Waals surface area contributed by atoms with Crippen LogP contribution in [0.15, 0.2) is 92.9 Å². The van der Waals surface area contributed by atoms with E-state index in [0.29, 0.717) is 21.1 Å². The zero-order chi connectivity index (χ0) is 22.4. The van der Waals surface area contributed by atoms with Crippen LogP contribution in [-0.2, 0) is 0 Å². The second-order valence-electron chi connectivity index (χ2n) is 7.24. The van der Waals surface area contributed by atoms with Crippen molar-refractivity contribution in [2.24, 2.45) is 0 Å². The molecule has 4 aromatic heterocycles. The van der Waals surface area contributed by atoms with Gasteiger partial charge in [0.05, 0.1) is 22.2 Å². The molecule has 9 heteroatoms. The van der Waals surface area contributed by atoms with Gasteiger partial charge in [0, 0.05) is 21.8 Å². The Morgan fingerprint density at radius 1 is 0.970 bits per heavy atom. The van der Waals surface area contributed by atoms with Gasteiger partial charge >= 0.3 is 0 Å². The summed E-state index contributed by atoms with van der Waals surface area (Å²) in [5, 5.41) is 9.14. The molecule has 0 saturated heterocycles. The lowest BCUT2D eigenvalue weighted by Crippen LogP contribution is -2.23. The van der Waals surface area contributed by atoms with E-state index >= 15 is 0 Å². The van der Waals surface area contributed by atoms with Crippen molar-refractivity contribution in [2.45, 2.75) is 0 Å². The second-order valence-corrected chi connectivity index (χ2v) is 9.17. The van der Waals surface area contributed by atoms with Crippen molar-refractivity contribution in [2.75, 3.05) is 0 Å². The van der Waals surface area contributed by atoms with E-state index < -0.39 is 0 Å². The fraction of sp³-hybridized carbons (Fsp3) is 0. The Bertz CT molecular complexity index is 1680. The lowest BCUT2D eigenvalue weighted by molar-refractivity contribution is 0.577. The monoisotopic (exact) mass is 515 g/mol. The average Bonchev–Trinajstić information content (AvgIpc) is 3.62. The van der Waals surface area contributed by atoms with Gasteiger partial charge in [0.15, 0.2) is 5.76 Å². The lowest BCUT2D eigenvalue weighted by atomic mass is 10.1. The first-order chi connectivity index (χ1) is 16.2. The maximum Gasteiger partial charge on any atom is 0.291 e. The number of aromatic nitrogens is 5. The van der Waals surface area contributed by atoms with Crippen molar-refractivity contribution in [1.82, 2.24) is 24.4 Å². The van der Waals surface area contributed by atoms with Crippen LogP contribution in [0.1, 0.15) is 5.56 Å². The van der Waals surface area contributed by atoms with Crippen LogP contribution in [0.4, 0.5) is 0 Å². The minimum Gasteiger partial charge on any atom is -0.461 e. The summed E-state index contributed by atoms with van der Waals surface area (Å²) in [7, 11) is 0. The van der Waals surface area contributed by atoms with Gasteiger partial charge in [0.2, 0.25) is 10.8 Å². The van der Waals surface area contributed by atoms with Crippen molar-refractivity contribution in [3.63, 3.8) is 0 Å². The molecule has 0 bridgehead atoms. The molecule has 0 unspecified atom stereocenters. The topological polar surface area (TPSA) is 78.2 Å². The molecule has 160 valence electrons. The highest BCUT2D eigenvalue weighted by molar-refractivity contribution is 9.10. The normalized spacial score (nSPS) is 12.1. The number of hydrogen-bond donors (Lipinski definition) is 0. The first-order valence-corrected chi connectivity index (χ1v) is 11.6. The molecule has 4 heterocycles. The van der Waals surface area contributed by atoms with Crippen molar-refractivity contribution in [3.05, 3.63) is 104 Å². The summed E-state index contributed by atoms with van der Waals surface area (Å²) in [6.07, 6.45) is 5.33. The molecule has 6 aromatic rings. The summed E-state index contributed by atoms with van der Waals surface area (Å²) in [4.78, 5) is 18.0. The quantitative estimate of drug-likeness (QED) is 0.343. The zero-order valence-electron chi connectivity index (χ0n) is 16.9. The van der Waals surface area contributed by atoms with Crippen molar-refractivity contribution < 1.29 is 4.42 Å². The molecule has 0 aliphatic heterocycles. The number of benzene rings is 2. The van der Waals surface area contributed by atoms with E-state index in [2.05, 4.69) is 26.0 Å². The van der Waals surface area contributed by atoms with Gasteiger partial charge in [-0.25, -0.2) is 4.68 Å². The minimum absolute atomic E-state index is 0.227. The largest absolute Gasteiger partial charge is 0.461 e. The Hall–Kier alpha value is -3.82. The summed E-state index contributed by atoms with van der Waals surface area (Å²) in [6, 6.07) is 21.3. The zero-order valence-corrected chi connectivity index (χ0v) is 19.3. The molecule has 2 aromatic carbocycles. The average molecular weight is 516 g/mol. The fourth-order valence-corrected chi connectivity index (χ4v) is 4.69. The summed E-state index contributed by atoms with van der Waals surface area (Å²) >= 11 is 4.76. The number of nitrogens with zero attached hydrogens (tertiary/aromatic N) is 5. The molecule has 0 aliphatic carbocycles. The Balaban J connectivity index is 1.51. The lowest BCUT2D eigenvalue weighted by Gasteiger charge is -2.00. The number of fused-ring (bicyclic) bond motifs is 1. The van der Waals surface area contributed by atoms with Crippen LogP contribution in [0.25, 0.3) is 39.6 Å². The first kappa shape index (κ1) is 19.8. The van der Waals surface area contributed by atoms with E-state index in [9.17, 15) is 4.79 Å². The number of halogens is 1. The number of furan rings is 1. The highest BCUT2D eigenvalue weighted by Crippen LogP contribution is 2.26. The van der Waals surface area contributed by atoms with E-state index in [1.165, 1.54) is 15.9 Å². The van der Waals surface area contributed by atoms with Gasteiger partial charge < -0.3 is 4.42 Å². The van der Waals surface area contributed by atoms with Crippen molar-refractivity contribution in [1.29, 1.82) is 0 Å². The Morgan fingerprint density at radius 3 is 2.52 bits per heavy atom. The molecular weight excluding hydrogens is 502 g/mol. The van der Waals surface area contributed by atoms with E-state index in [1.807, 2.05) is 71.6 Å². The molecule has 0 radical (unpaired) electrons. The molecular formula is C24H14BrN5O2S. The first-order valence-electron chi connectivity index (χ1n) is 10.0. The van der Waals surface area contributed by atoms with Gasteiger partial charge in [-0.3, -0.25) is 4.79 Å². The fourth-order valence-electron chi connectivity index (χ4n) is 3.52. The molecule has 0 saturated carbocycles. The maximum absolute atomic E-state index is 13.1. The summed E-state index contributed by atoms with van der Waals surface area (Å²) in [5.41, 5.74) is 3.26. The Kier molecular flexibility index (Phi) is 4.78. The highest BCUT2D eigenvalue weighted by atomic mass is 79.9. The number of rotatable bonds is 4. The molecule has 0 atom stereocenters. The van der Waals surface area contributed by atoms with Crippen LogP contribution < -0.4 is 10.1 Å². The van der Waals surface area contributed by atoms with Crippen LogP contribution >= 0.6 is 27.3 Å². The summed E-state index contributed by atoms with van der Waals surface area (Å²) < 4.78 is 9.99. The third-order valence-electron chi connectivity index (χ3n) is 5.09. The number of para-hydroxylation sites is 1.